The van der Waals surface area contributed by atoms with E-state index in [0.717, 1.165) is 35.1 Å². The van der Waals surface area contributed by atoms with Gasteiger partial charge in [0.1, 0.15) is 11.5 Å². The van der Waals surface area contributed by atoms with Crippen LogP contribution in [0.1, 0.15) is 54.0 Å². The van der Waals surface area contributed by atoms with E-state index in [1.807, 2.05) is 32.0 Å². The van der Waals surface area contributed by atoms with Crippen molar-refractivity contribution in [1.29, 1.82) is 0 Å². The van der Waals surface area contributed by atoms with E-state index < -0.39 is 7.37 Å². The van der Waals surface area contributed by atoms with Crippen molar-refractivity contribution < 1.29 is 19.3 Å². The Balaban J connectivity index is 2.26. The highest BCUT2D eigenvalue weighted by Gasteiger charge is 2.14. The van der Waals surface area contributed by atoms with E-state index in [-0.39, 0.29) is 6.35 Å². The predicted octanol–water partition coefficient (Wildman–Crippen LogP) is 5.35. The molecule has 0 aromatic heterocycles. The van der Waals surface area contributed by atoms with Gasteiger partial charge in [0.25, 0.3) is 0 Å². The van der Waals surface area contributed by atoms with Crippen LogP contribution in [0.15, 0.2) is 30.3 Å². The third kappa shape index (κ3) is 5.36. The quantitative estimate of drug-likeness (QED) is 0.639. The number of rotatable bonds is 7. The first-order valence-corrected chi connectivity index (χ1v) is 11.2. The fourth-order valence-electron chi connectivity index (χ4n) is 3.04. The smallest absolute Gasteiger partial charge is 0.233 e. The van der Waals surface area contributed by atoms with Gasteiger partial charge in [-0.1, -0.05) is 26.0 Å². The van der Waals surface area contributed by atoms with Crippen LogP contribution in [0.4, 0.5) is 0 Å². The van der Waals surface area contributed by atoms with Crippen LogP contribution in [0.2, 0.25) is 0 Å². The number of ether oxygens (including phenoxy) is 1. The fraction of sp³-hybridized carbons (Fsp3) is 0.429. The van der Waals surface area contributed by atoms with Crippen molar-refractivity contribution in [2.75, 3.05) is 13.0 Å². The van der Waals surface area contributed by atoms with Crippen LogP contribution in [0.3, 0.4) is 0 Å². The maximum Gasteiger partial charge on any atom is 0.233 e. The Bertz CT molecular complexity index is 800. The van der Waals surface area contributed by atoms with Crippen LogP contribution in [0.25, 0.3) is 0 Å². The summed E-state index contributed by atoms with van der Waals surface area (Å²) in [5, 5.41) is 10.1. The standard InChI is InChI=1S/C21H29O4P/c1-6-14(2)20-12-17(7-8-21(20)22)11-19-15(3)9-18(10-16(19)4)25-13-26(5,23)24/h7-10,12,14,22H,6,11,13H2,1-5H3,(H,23,24). The minimum Gasteiger partial charge on any atom is -0.508 e. The molecule has 0 saturated carbocycles. The molecule has 2 rings (SSSR count). The zero-order valence-corrected chi connectivity index (χ0v) is 17.1. The highest BCUT2D eigenvalue weighted by molar-refractivity contribution is 7.56. The lowest BCUT2D eigenvalue weighted by molar-refractivity contribution is 0.352. The van der Waals surface area contributed by atoms with E-state index >= 15 is 0 Å². The van der Waals surface area contributed by atoms with Crippen molar-refractivity contribution in [2.45, 2.75) is 46.5 Å². The fourth-order valence-corrected chi connectivity index (χ4v) is 3.43. The van der Waals surface area contributed by atoms with Crippen LogP contribution in [-0.4, -0.2) is 23.0 Å². The maximum absolute atomic E-state index is 11.4. The van der Waals surface area contributed by atoms with Gasteiger partial charge in [-0.05, 0) is 78.6 Å². The molecule has 2 N–H and O–H groups in total. The number of aromatic hydroxyl groups is 1. The molecule has 0 amide bonds. The molecule has 0 fully saturated rings. The number of phenols is 1. The van der Waals surface area contributed by atoms with Gasteiger partial charge in [-0.15, -0.1) is 0 Å². The van der Waals surface area contributed by atoms with Crippen LogP contribution in [0, 0.1) is 13.8 Å². The first-order valence-electron chi connectivity index (χ1n) is 8.94. The second-order valence-electron chi connectivity index (χ2n) is 7.24. The van der Waals surface area contributed by atoms with Crippen molar-refractivity contribution in [3.63, 3.8) is 0 Å². The largest absolute Gasteiger partial charge is 0.508 e. The Morgan fingerprint density at radius 3 is 2.31 bits per heavy atom. The third-order valence-electron chi connectivity index (χ3n) is 4.76. The molecular weight excluding hydrogens is 347 g/mol. The molecule has 0 radical (unpaired) electrons. The molecule has 0 spiro atoms. The van der Waals surface area contributed by atoms with Crippen molar-refractivity contribution in [1.82, 2.24) is 0 Å². The molecular formula is C21H29O4P. The van der Waals surface area contributed by atoms with E-state index in [1.165, 1.54) is 12.2 Å². The van der Waals surface area contributed by atoms with Gasteiger partial charge in [0.05, 0.1) is 0 Å². The van der Waals surface area contributed by atoms with Crippen molar-refractivity contribution >= 4 is 7.37 Å². The predicted molar refractivity (Wildman–Crippen MR) is 107 cm³/mol. The highest BCUT2D eigenvalue weighted by Crippen LogP contribution is 2.36. The van der Waals surface area contributed by atoms with Crippen molar-refractivity contribution in [2.24, 2.45) is 0 Å². The Labute approximate surface area is 156 Å². The van der Waals surface area contributed by atoms with Gasteiger partial charge in [0.2, 0.25) is 7.37 Å². The molecule has 2 unspecified atom stereocenters. The summed E-state index contributed by atoms with van der Waals surface area (Å²) in [5.74, 6) is 1.29. The lowest BCUT2D eigenvalue weighted by Gasteiger charge is -2.16. The number of phenolic OH excluding ortho intramolecular Hbond substituents is 1. The summed E-state index contributed by atoms with van der Waals surface area (Å²) in [4.78, 5) is 9.39. The van der Waals surface area contributed by atoms with Gasteiger partial charge in [-0.3, -0.25) is 4.57 Å². The van der Waals surface area contributed by atoms with E-state index in [1.54, 1.807) is 6.07 Å². The Kier molecular flexibility index (Phi) is 6.54. The molecule has 0 aliphatic heterocycles. The van der Waals surface area contributed by atoms with E-state index in [2.05, 4.69) is 19.9 Å². The molecule has 4 nitrogen and oxygen atoms in total. The summed E-state index contributed by atoms with van der Waals surface area (Å²) in [6.45, 7) is 9.58. The Hall–Kier alpha value is -1.77. The summed E-state index contributed by atoms with van der Waals surface area (Å²) in [5.41, 5.74) is 5.53. The Morgan fingerprint density at radius 2 is 1.77 bits per heavy atom. The second kappa shape index (κ2) is 8.28. The van der Waals surface area contributed by atoms with Gasteiger partial charge in [0, 0.05) is 6.66 Å². The van der Waals surface area contributed by atoms with Gasteiger partial charge in [-0.25, -0.2) is 0 Å². The van der Waals surface area contributed by atoms with Crippen LogP contribution in [0.5, 0.6) is 11.5 Å². The lowest BCUT2D eigenvalue weighted by atomic mass is 9.91. The van der Waals surface area contributed by atoms with E-state index in [9.17, 15) is 14.6 Å². The average molecular weight is 376 g/mol. The first-order chi connectivity index (χ1) is 12.1. The number of hydrogen-bond acceptors (Lipinski definition) is 3. The molecule has 2 atom stereocenters. The molecule has 0 aliphatic rings. The molecule has 142 valence electrons. The third-order valence-corrected chi connectivity index (χ3v) is 5.36. The summed E-state index contributed by atoms with van der Waals surface area (Å²) in [6, 6.07) is 9.65. The van der Waals surface area contributed by atoms with Gasteiger partial charge in [0.15, 0.2) is 6.35 Å². The van der Waals surface area contributed by atoms with E-state index in [4.69, 9.17) is 4.74 Å². The molecule has 26 heavy (non-hydrogen) atoms. The lowest BCUT2D eigenvalue weighted by Crippen LogP contribution is -2.02. The molecule has 0 aliphatic carbocycles. The summed E-state index contributed by atoms with van der Waals surface area (Å²) < 4.78 is 16.9. The van der Waals surface area contributed by atoms with E-state index in [0.29, 0.717) is 17.4 Å². The zero-order chi connectivity index (χ0) is 19.5. The van der Waals surface area contributed by atoms with Crippen molar-refractivity contribution in [3.05, 3.63) is 58.1 Å². The van der Waals surface area contributed by atoms with Gasteiger partial charge in [-0.2, -0.15) is 0 Å². The maximum atomic E-state index is 11.4. The zero-order valence-electron chi connectivity index (χ0n) is 16.2. The number of aryl methyl sites for hydroxylation is 2. The van der Waals surface area contributed by atoms with Gasteiger partial charge >= 0.3 is 0 Å². The minimum absolute atomic E-state index is 0.179. The average Bonchev–Trinajstić information content (AvgIpc) is 2.56. The van der Waals surface area contributed by atoms with Crippen LogP contribution >= 0.6 is 7.37 Å². The normalized spacial score (nSPS) is 14.7. The summed E-state index contributed by atoms with van der Waals surface area (Å²) >= 11 is 0. The monoisotopic (exact) mass is 376 g/mol. The number of benzene rings is 2. The second-order valence-corrected chi connectivity index (χ2v) is 9.60. The summed E-state index contributed by atoms with van der Waals surface area (Å²) in [6.07, 6.45) is 1.57. The Morgan fingerprint density at radius 1 is 1.15 bits per heavy atom. The SMILES string of the molecule is CCC(C)c1cc(Cc2c(C)cc(OCP(C)(=O)O)cc2C)ccc1O. The molecule has 0 saturated heterocycles. The molecule has 5 heteroatoms. The highest BCUT2D eigenvalue weighted by atomic mass is 31.2. The summed E-state index contributed by atoms with van der Waals surface area (Å²) in [7, 11) is -3.20. The van der Waals surface area contributed by atoms with Crippen LogP contribution in [-0.2, 0) is 11.0 Å². The molecule has 2 aromatic carbocycles. The minimum atomic E-state index is -3.20. The molecule has 0 bridgehead atoms. The van der Waals surface area contributed by atoms with Crippen molar-refractivity contribution in [3.8, 4) is 11.5 Å². The topological polar surface area (TPSA) is 66.8 Å². The van der Waals surface area contributed by atoms with Crippen LogP contribution < -0.4 is 4.74 Å². The van der Waals surface area contributed by atoms with Gasteiger partial charge < -0.3 is 14.7 Å². The molecule has 2 aromatic rings. The number of hydrogen-bond donors (Lipinski definition) is 2. The molecule has 0 heterocycles. The first kappa shape index (κ1) is 20.5.